The lowest BCUT2D eigenvalue weighted by atomic mass is 10.0. The lowest BCUT2D eigenvalue weighted by molar-refractivity contribution is 0.00499. The number of ether oxygens (including phenoxy) is 5. The summed E-state index contributed by atoms with van der Waals surface area (Å²) in [6, 6.07) is 17.0. The lowest BCUT2D eigenvalue weighted by Gasteiger charge is -2.10. The fraction of sp³-hybridized carbons (Fsp3) is 0.676. The third kappa shape index (κ3) is 19.9. The Labute approximate surface area is 257 Å². The molecule has 0 amide bonds. The van der Waals surface area contributed by atoms with Gasteiger partial charge in [0.25, 0.3) is 0 Å². The second-order valence-corrected chi connectivity index (χ2v) is 11.2. The van der Waals surface area contributed by atoms with Crippen LogP contribution in [0.5, 0.6) is 11.5 Å². The maximum atomic E-state index is 5.79. The number of benzene rings is 2. The first-order valence-corrected chi connectivity index (χ1v) is 17.0. The molecule has 2 rings (SSSR count). The Morgan fingerprint density at radius 1 is 0.357 bits per heavy atom. The average molecular weight is 585 g/mol. The number of aryl methyl sites for hydroxylation is 2. The van der Waals surface area contributed by atoms with Gasteiger partial charge in [-0.15, -0.1) is 0 Å². The normalized spacial score (nSPS) is 11.2. The largest absolute Gasteiger partial charge is 0.491 e. The van der Waals surface area contributed by atoms with Gasteiger partial charge < -0.3 is 23.7 Å². The van der Waals surface area contributed by atoms with E-state index in [0.717, 1.165) is 24.3 Å². The van der Waals surface area contributed by atoms with Crippen LogP contribution in [-0.4, -0.2) is 52.9 Å². The van der Waals surface area contributed by atoms with E-state index in [1.807, 2.05) is 0 Å². The zero-order valence-corrected chi connectivity index (χ0v) is 26.9. The molecular formula is C37H60O5. The van der Waals surface area contributed by atoms with Gasteiger partial charge in [0, 0.05) is 0 Å². The van der Waals surface area contributed by atoms with Crippen molar-refractivity contribution >= 4 is 0 Å². The Morgan fingerprint density at radius 3 is 1.02 bits per heavy atom. The zero-order valence-electron chi connectivity index (χ0n) is 26.9. The molecule has 5 heteroatoms. The van der Waals surface area contributed by atoms with Crippen LogP contribution in [0.3, 0.4) is 0 Å². The molecule has 0 bridgehead atoms. The lowest BCUT2D eigenvalue weighted by Crippen LogP contribution is -2.14. The molecule has 0 aliphatic heterocycles. The van der Waals surface area contributed by atoms with Crippen molar-refractivity contribution in [2.45, 2.75) is 110 Å². The highest BCUT2D eigenvalue weighted by molar-refractivity contribution is 5.28. The van der Waals surface area contributed by atoms with Crippen molar-refractivity contribution in [3.05, 3.63) is 59.7 Å². The van der Waals surface area contributed by atoms with Crippen molar-refractivity contribution < 1.29 is 23.7 Å². The molecule has 0 saturated carbocycles. The Balaban J connectivity index is 1.33. The quantitative estimate of drug-likeness (QED) is 0.0892. The number of rotatable bonds is 29. The highest BCUT2D eigenvalue weighted by Gasteiger charge is 2.00. The second-order valence-electron chi connectivity index (χ2n) is 11.2. The van der Waals surface area contributed by atoms with E-state index in [4.69, 9.17) is 23.7 Å². The number of hydrogen-bond donors (Lipinski definition) is 0. The van der Waals surface area contributed by atoms with E-state index in [9.17, 15) is 0 Å². The van der Waals surface area contributed by atoms with Crippen LogP contribution in [0.1, 0.15) is 108 Å². The zero-order chi connectivity index (χ0) is 29.8. The minimum absolute atomic E-state index is 0.543. The summed E-state index contributed by atoms with van der Waals surface area (Å²) >= 11 is 0. The molecule has 0 N–H and O–H groups in total. The maximum Gasteiger partial charge on any atom is 0.119 e. The van der Waals surface area contributed by atoms with Gasteiger partial charge in [-0.05, 0) is 61.1 Å². The first-order chi connectivity index (χ1) is 20.8. The van der Waals surface area contributed by atoms with Gasteiger partial charge in [0.05, 0.1) is 39.6 Å². The van der Waals surface area contributed by atoms with Crippen LogP contribution in [0, 0.1) is 0 Å². The van der Waals surface area contributed by atoms with Crippen LogP contribution in [0.2, 0.25) is 0 Å². The SMILES string of the molecule is CCCCCCCCCc1ccc(OCCOCCOCCOCCOc2ccc(CCCCCCCC)cc2)cc1. The molecule has 0 aliphatic rings. The van der Waals surface area contributed by atoms with Crippen molar-refractivity contribution in [2.75, 3.05) is 52.9 Å². The fourth-order valence-electron chi connectivity index (χ4n) is 4.88. The minimum atomic E-state index is 0.543. The van der Waals surface area contributed by atoms with E-state index in [0.29, 0.717) is 52.9 Å². The molecule has 0 aromatic heterocycles. The topological polar surface area (TPSA) is 46.2 Å². The Bertz CT molecular complexity index is 836. The highest BCUT2D eigenvalue weighted by Crippen LogP contribution is 2.16. The molecule has 2 aromatic carbocycles. The summed E-state index contributed by atoms with van der Waals surface area (Å²) in [7, 11) is 0. The predicted octanol–water partition coefficient (Wildman–Crippen LogP) is 9.39. The Kier molecular flexibility index (Phi) is 22.8. The average Bonchev–Trinajstić information content (AvgIpc) is 3.02. The first kappa shape index (κ1) is 36.1. The van der Waals surface area contributed by atoms with Gasteiger partial charge in [-0.3, -0.25) is 0 Å². The summed E-state index contributed by atoms with van der Waals surface area (Å²) in [4.78, 5) is 0. The van der Waals surface area contributed by atoms with Crippen LogP contribution in [-0.2, 0) is 27.1 Å². The molecule has 42 heavy (non-hydrogen) atoms. The van der Waals surface area contributed by atoms with Gasteiger partial charge in [-0.1, -0.05) is 109 Å². The molecule has 0 aliphatic carbocycles. The van der Waals surface area contributed by atoms with Crippen LogP contribution >= 0.6 is 0 Å². The highest BCUT2D eigenvalue weighted by atomic mass is 16.6. The monoisotopic (exact) mass is 584 g/mol. The Hall–Kier alpha value is -2.08. The van der Waals surface area contributed by atoms with E-state index in [1.54, 1.807) is 0 Å². The molecule has 0 saturated heterocycles. The molecule has 0 unspecified atom stereocenters. The minimum Gasteiger partial charge on any atom is -0.491 e. The van der Waals surface area contributed by atoms with Crippen LogP contribution in [0.4, 0.5) is 0 Å². The van der Waals surface area contributed by atoms with Gasteiger partial charge in [-0.25, -0.2) is 0 Å². The van der Waals surface area contributed by atoms with Gasteiger partial charge in [-0.2, -0.15) is 0 Å². The van der Waals surface area contributed by atoms with E-state index in [1.165, 1.54) is 94.6 Å². The van der Waals surface area contributed by atoms with E-state index < -0.39 is 0 Å². The van der Waals surface area contributed by atoms with Gasteiger partial charge in [0.1, 0.15) is 24.7 Å². The molecule has 0 heterocycles. The van der Waals surface area contributed by atoms with Crippen molar-refractivity contribution in [3.63, 3.8) is 0 Å². The van der Waals surface area contributed by atoms with Crippen molar-refractivity contribution in [1.29, 1.82) is 0 Å². The molecule has 238 valence electrons. The van der Waals surface area contributed by atoms with Gasteiger partial charge >= 0.3 is 0 Å². The molecular weight excluding hydrogens is 524 g/mol. The van der Waals surface area contributed by atoms with Gasteiger partial charge in [0.15, 0.2) is 0 Å². The summed E-state index contributed by atoms with van der Waals surface area (Å²) in [5.74, 6) is 1.80. The van der Waals surface area contributed by atoms with E-state index in [2.05, 4.69) is 62.4 Å². The van der Waals surface area contributed by atoms with Crippen LogP contribution in [0.25, 0.3) is 0 Å². The summed E-state index contributed by atoms with van der Waals surface area (Å²) in [6.07, 6.45) is 19.8. The number of unbranched alkanes of at least 4 members (excludes halogenated alkanes) is 11. The van der Waals surface area contributed by atoms with Crippen LogP contribution < -0.4 is 9.47 Å². The van der Waals surface area contributed by atoms with Crippen molar-refractivity contribution in [3.8, 4) is 11.5 Å². The molecule has 5 nitrogen and oxygen atoms in total. The summed E-state index contributed by atoms with van der Waals surface area (Å²) in [5.41, 5.74) is 2.78. The Morgan fingerprint density at radius 2 is 0.667 bits per heavy atom. The van der Waals surface area contributed by atoms with Crippen molar-refractivity contribution in [2.24, 2.45) is 0 Å². The maximum absolute atomic E-state index is 5.79. The molecule has 0 atom stereocenters. The standard InChI is InChI=1S/C37H60O5/c1-3-5-7-9-11-13-15-17-35-20-24-37(25-21-35)42-33-31-40-29-27-38-26-28-39-30-32-41-36-22-18-34(19-23-36)16-14-12-10-8-6-4-2/h18-25H,3-17,26-33H2,1-2H3. The third-order valence-corrected chi connectivity index (χ3v) is 7.47. The number of hydrogen-bond acceptors (Lipinski definition) is 5. The molecule has 0 spiro atoms. The molecule has 2 aromatic rings. The van der Waals surface area contributed by atoms with E-state index in [-0.39, 0.29) is 0 Å². The fourth-order valence-corrected chi connectivity index (χ4v) is 4.88. The first-order valence-electron chi connectivity index (χ1n) is 17.0. The van der Waals surface area contributed by atoms with Gasteiger partial charge in [0.2, 0.25) is 0 Å². The molecule has 0 fully saturated rings. The van der Waals surface area contributed by atoms with Crippen molar-refractivity contribution in [1.82, 2.24) is 0 Å². The third-order valence-electron chi connectivity index (χ3n) is 7.47. The summed E-state index contributed by atoms with van der Waals surface area (Å²) in [6.45, 7) is 8.94. The summed E-state index contributed by atoms with van der Waals surface area (Å²) < 4.78 is 28.4. The second kappa shape index (κ2) is 26.5. The van der Waals surface area contributed by atoms with Crippen LogP contribution in [0.15, 0.2) is 48.5 Å². The van der Waals surface area contributed by atoms with E-state index >= 15 is 0 Å². The smallest absolute Gasteiger partial charge is 0.119 e. The molecule has 0 radical (unpaired) electrons. The predicted molar refractivity (Wildman–Crippen MR) is 175 cm³/mol. The summed E-state index contributed by atoms with van der Waals surface area (Å²) in [5, 5.41) is 0.